The third-order valence-electron chi connectivity index (χ3n) is 3.96. The molecule has 0 amide bonds. The lowest BCUT2D eigenvalue weighted by atomic mass is 10.2. The number of pyridine rings is 1. The average Bonchev–Trinajstić information content (AvgIpc) is 2.62. The fourth-order valence-corrected chi connectivity index (χ4v) is 3.04. The molecule has 0 aliphatic rings. The molecule has 2 aromatic heterocycles. The van der Waals surface area contributed by atoms with Crippen LogP contribution in [0.15, 0.2) is 51.7 Å². The Morgan fingerprint density at radius 1 is 1.22 bits per heavy atom. The summed E-state index contributed by atoms with van der Waals surface area (Å²) in [5.41, 5.74) is 1.18. The highest BCUT2D eigenvalue weighted by atomic mass is 35.5. The normalized spacial score (nSPS) is 11.1. The van der Waals surface area contributed by atoms with Gasteiger partial charge in [0, 0.05) is 19.2 Å². The largest absolute Gasteiger partial charge is 0.462 e. The number of benzene rings is 1. The lowest BCUT2D eigenvalue weighted by molar-refractivity contribution is 0.0522. The number of esters is 1. The first kappa shape index (κ1) is 19.1. The van der Waals surface area contributed by atoms with E-state index in [1.54, 1.807) is 13.0 Å². The van der Waals surface area contributed by atoms with Crippen LogP contribution in [0.25, 0.3) is 11.0 Å². The average molecular weight is 387 g/mol. The molecular formula is C20H19ClN2O4. The smallest absolute Gasteiger partial charge is 0.351 e. The van der Waals surface area contributed by atoms with Crippen molar-refractivity contribution in [1.82, 2.24) is 9.88 Å². The van der Waals surface area contributed by atoms with E-state index in [9.17, 15) is 9.59 Å². The molecule has 2 heterocycles. The molecule has 0 N–H and O–H groups in total. The number of fused-ring (bicyclic) bond motifs is 1. The Bertz CT molecular complexity index is 1020. The van der Waals surface area contributed by atoms with E-state index < -0.39 is 11.6 Å². The van der Waals surface area contributed by atoms with Crippen molar-refractivity contribution in [2.75, 3.05) is 13.7 Å². The molecule has 27 heavy (non-hydrogen) atoms. The molecule has 0 radical (unpaired) electrons. The van der Waals surface area contributed by atoms with Crippen molar-refractivity contribution in [3.8, 4) is 0 Å². The number of carbonyl (C=O) groups excluding carboxylic acids is 1. The summed E-state index contributed by atoms with van der Waals surface area (Å²) in [5, 5.41) is 0.568. The molecule has 0 unspecified atom stereocenters. The van der Waals surface area contributed by atoms with Crippen molar-refractivity contribution in [1.29, 1.82) is 0 Å². The molecule has 6 nitrogen and oxygen atoms in total. The molecule has 3 rings (SSSR count). The summed E-state index contributed by atoms with van der Waals surface area (Å²) in [6.45, 7) is 3.08. The van der Waals surface area contributed by atoms with Crippen LogP contribution in [0.5, 0.6) is 0 Å². The molecule has 0 atom stereocenters. The molecule has 0 bridgehead atoms. The number of rotatable bonds is 6. The Kier molecular flexibility index (Phi) is 5.88. The molecule has 0 aliphatic heterocycles. The van der Waals surface area contributed by atoms with E-state index in [0.29, 0.717) is 17.6 Å². The molecule has 0 saturated carbocycles. The number of hydrogen-bond acceptors (Lipinski definition) is 6. The Labute approximate surface area is 161 Å². The standard InChI is InChI=1S/C20H19ClN2O4/c1-3-26-19(24)16-10-15-17(27-20(16)25)9-14(22-18(15)21)12-23(2)11-13-7-5-4-6-8-13/h4-10H,3,11-12H2,1-2H3. The highest BCUT2D eigenvalue weighted by Gasteiger charge is 2.17. The molecule has 140 valence electrons. The lowest BCUT2D eigenvalue weighted by Crippen LogP contribution is -2.19. The van der Waals surface area contributed by atoms with Gasteiger partial charge in [0.2, 0.25) is 0 Å². The predicted molar refractivity (Wildman–Crippen MR) is 103 cm³/mol. The molecule has 0 fully saturated rings. The zero-order valence-electron chi connectivity index (χ0n) is 15.1. The van der Waals surface area contributed by atoms with E-state index in [2.05, 4.69) is 9.88 Å². The highest BCUT2D eigenvalue weighted by molar-refractivity contribution is 6.34. The second-order valence-corrected chi connectivity index (χ2v) is 6.50. The summed E-state index contributed by atoms with van der Waals surface area (Å²) in [6.07, 6.45) is 0. The van der Waals surface area contributed by atoms with Gasteiger partial charge in [-0.15, -0.1) is 0 Å². The number of halogens is 1. The third-order valence-corrected chi connectivity index (χ3v) is 4.25. The van der Waals surface area contributed by atoms with Crippen molar-refractivity contribution < 1.29 is 13.9 Å². The molecular weight excluding hydrogens is 368 g/mol. The van der Waals surface area contributed by atoms with Crippen LogP contribution in [-0.2, 0) is 17.8 Å². The zero-order valence-corrected chi connectivity index (χ0v) is 15.8. The van der Waals surface area contributed by atoms with Crippen molar-refractivity contribution in [2.45, 2.75) is 20.0 Å². The van der Waals surface area contributed by atoms with Crippen molar-refractivity contribution in [2.24, 2.45) is 0 Å². The van der Waals surface area contributed by atoms with Crippen molar-refractivity contribution >= 4 is 28.5 Å². The Balaban J connectivity index is 1.87. The van der Waals surface area contributed by atoms with Gasteiger partial charge in [-0.3, -0.25) is 4.90 Å². The second-order valence-electron chi connectivity index (χ2n) is 6.14. The zero-order chi connectivity index (χ0) is 19.4. The fourth-order valence-electron chi connectivity index (χ4n) is 2.78. The molecule has 0 spiro atoms. The van der Waals surface area contributed by atoms with Crippen LogP contribution >= 0.6 is 11.6 Å². The number of carbonyl (C=O) groups is 1. The van der Waals surface area contributed by atoms with E-state index in [1.165, 1.54) is 11.6 Å². The number of ether oxygens (including phenoxy) is 1. The van der Waals surface area contributed by atoms with Crippen LogP contribution in [-0.4, -0.2) is 29.5 Å². The molecule has 7 heteroatoms. The summed E-state index contributed by atoms with van der Waals surface area (Å²) in [4.78, 5) is 30.4. The summed E-state index contributed by atoms with van der Waals surface area (Å²) < 4.78 is 10.1. The summed E-state index contributed by atoms with van der Waals surface area (Å²) in [6, 6.07) is 13.1. The molecule has 1 aromatic carbocycles. The molecule has 0 aliphatic carbocycles. The van der Waals surface area contributed by atoms with Crippen LogP contribution in [0.4, 0.5) is 0 Å². The number of aromatic nitrogens is 1. The van der Waals surface area contributed by atoms with Crippen LogP contribution < -0.4 is 5.63 Å². The van der Waals surface area contributed by atoms with E-state index in [1.807, 2.05) is 37.4 Å². The van der Waals surface area contributed by atoms with Gasteiger partial charge in [-0.25, -0.2) is 14.6 Å². The van der Waals surface area contributed by atoms with Crippen molar-refractivity contribution in [3.63, 3.8) is 0 Å². The van der Waals surface area contributed by atoms with Gasteiger partial charge in [-0.05, 0) is 25.6 Å². The minimum Gasteiger partial charge on any atom is -0.462 e. The second kappa shape index (κ2) is 8.33. The van der Waals surface area contributed by atoms with E-state index in [4.69, 9.17) is 20.8 Å². The van der Waals surface area contributed by atoms with Crippen LogP contribution in [0, 0.1) is 0 Å². The van der Waals surface area contributed by atoms with Gasteiger partial charge < -0.3 is 9.15 Å². The van der Waals surface area contributed by atoms with Gasteiger partial charge in [-0.2, -0.15) is 0 Å². The van der Waals surface area contributed by atoms with Gasteiger partial charge >= 0.3 is 11.6 Å². The topological polar surface area (TPSA) is 72.6 Å². The first-order valence-electron chi connectivity index (χ1n) is 8.50. The Morgan fingerprint density at radius 2 is 1.96 bits per heavy atom. The van der Waals surface area contributed by atoms with Crippen LogP contribution in [0.3, 0.4) is 0 Å². The van der Waals surface area contributed by atoms with E-state index in [0.717, 1.165) is 6.54 Å². The lowest BCUT2D eigenvalue weighted by Gasteiger charge is -2.16. The summed E-state index contributed by atoms with van der Waals surface area (Å²) in [5.74, 6) is -0.740. The minimum atomic E-state index is -0.758. The van der Waals surface area contributed by atoms with Crippen LogP contribution in [0.1, 0.15) is 28.5 Å². The first-order chi connectivity index (χ1) is 13.0. The molecule has 3 aromatic rings. The molecule has 0 saturated heterocycles. The SMILES string of the molecule is CCOC(=O)c1cc2c(Cl)nc(CN(C)Cc3ccccc3)cc2oc1=O. The predicted octanol–water partition coefficient (Wildman–Crippen LogP) is 3.65. The van der Waals surface area contributed by atoms with Gasteiger partial charge in [0.05, 0.1) is 17.7 Å². The summed E-state index contributed by atoms with van der Waals surface area (Å²) >= 11 is 6.27. The Hall–Kier alpha value is -2.70. The first-order valence-corrected chi connectivity index (χ1v) is 8.88. The van der Waals surface area contributed by atoms with Crippen molar-refractivity contribution in [3.05, 3.63) is 74.9 Å². The quantitative estimate of drug-likeness (QED) is 0.475. The third kappa shape index (κ3) is 4.53. The van der Waals surface area contributed by atoms with E-state index in [-0.39, 0.29) is 22.9 Å². The minimum absolute atomic E-state index is 0.162. The number of nitrogens with zero attached hydrogens (tertiary/aromatic N) is 2. The van der Waals surface area contributed by atoms with Gasteiger partial charge in [0.15, 0.2) is 0 Å². The van der Waals surface area contributed by atoms with Gasteiger partial charge in [-0.1, -0.05) is 41.9 Å². The van der Waals surface area contributed by atoms with Gasteiger partial charge in [0.1, 0.15) is 16.3 Å². The van der Waals surface area contributed by atoms with Crippen LogP contribution in [0.2, 0.25) is 5.15 Å². The van der Waals surface area contributed by atoms with Gasteiger partial charge in [0.25, 0.3) is 0 Å². The highest BCUT2D eigenvalue weighted by Crippen LogP contribution is 2.23. The monoisotopic (exact) mass is 386 g/mol. The van der Waals surface area contributed by atoms with E-state index >= 15 is 0 Å². The Morgan fingerprint density at radius 3 is 2.67 bits per heavy atom. The summed E-state index contributed by atoms with van der Waals surface area (Å²) in [7, 11) is 1.97. The maximum absolute atomic E-state index is 12.1. The fraction of sp³-hybridized carbons (Fsp3) is 0.250. The number of hydrogen-bond donors (Lipinski definition) is 0. The maximum Gasteiger partial charge on any atom is 0.351 e. The maximum atomic E-state index is 12.1.